The first kappa shape index (κ1) is 16.3. The van der Waals surface area contributed by atoms with Crippen LogP contribution < -0.4 is 0 Å². The van der Waals surface area contributed by atoms with Crippen molar-refractivity contribution in [1.29, 1.82) is 0 Å². The predicted molar refractivity (Wildman–Crippen MR) is 48.9 cm³/mol. The molecule has 2 heteroatoms. The molecule has 0 aliphatic carbocycles. The van der Waals surface area contributed by atoms with Gasteiger partial charge in [0.1, 0.15) is 0 Å². The van der Waals surface area contributed by atoms with Gasteiger partial charge in [0.15, 0.2) is 0 Å². The molecule has 0 aliphatic heterocycles. The number of hydrogen-bond acceptors (Lipinski definition) is 0. The zero-order valence-corrected chi connectivity index (χ0v) is 7.99. The minimum absolute atomic E-state index is 0. The van der Waals surface area contributed by atoms with Crippen molar-refractivity contribution in [2.75, 3.05) is 0 Å². The van der Waals surface area contributed by atoms with Crippen molar-refractivity contribution in [3.05, 3.63) is 0 Å². The van der Waals surface area contributed by atoms with Crippen LogP contribution in [-0.2, 0) is 0 Å². The van der Waals surface area contributed by atoms with Gasteiger partial charge in [-0.05, 0) is 0 Å². The molecule has 0 heterocycles. The van der Waals surface area contributed by atoms with Crippen LogP contribution in [0.4, 0.5) is 0 Å². The van der Waals surface area contributed by atoms with Gasteiger partial charge in [-0.2, -0.15) is 0 Å². The van der Waals surface area contributed by atoms with Crippen molar-refractivity contribution in [2.24, 2.45) is 0 Å². The summed E-state index contributed by atoms with van der Waals surface area (Å²) in [5, 5.41) is 0. The first-order chi connectivity index (χ1) is 3.41. The molecule has 0 saturated heterocycles. The fourth-order valence-electron chi connectivity index (χ4n) is 0.677. The molecule has 0 N–H and O–H groups in total. The van der Waals surface area contributed by atoms with Gasteiger partial charge >= 0.3 is 0 Å². The Balaban J connectivity index is -0.000000180. The Hall–Kier alpha value is 0.580. The summed E-state index contributed by atoms with van der Waals surface area (Å²) in [6.07, 6.45) is 7.01. The molecule has 0 radical (unpaired) electrons. The normalized spacial score (nSPS) is 7.33. The Morgan fingerprint density at radius 1 is 0.667 bits per heavy atom. The number of halogens is 2. The quantitative estimate of drug-likeness (QED) is 0.567. The highest BCUT2D eigenvalue weighted by Gasteiger charge is 1.80. The summed E-state index contributed by atoms with van der Waals surface area (Å²) >= 11 is 0. The second-order valence-electron chi connectivity index (χ2n) is 2.06. The molecule has 0 aromatic carbocycles. The second kappa shape index (κ2) is 15.8. The van der Waals surface area contributed by atoms with Crippen LogP contribution in [0, 0.1) is 0 Å². The van der Waals surface area contributed by atoms with Crippen LogP contribution in [0.15, 0.2) is 0 Å². The van der Waals surface area contributed by atoms with Gasteiger partial charge < -0.3 is 0 Å². The van der Waals surface area contributed by atoms with Gasteiger partial charge in [0.25, 0.3) is 0 Å². The van der Waals surface area contributed by atoms with E-state index in [1.807, 2.05) is 0 Å². The molecule has 0 nitrogen and oxygen atoms in total. The third-order valence-electron chi connectivity index (χ3n) is 1.21. The van der Waals surface area contributed by atoms with Gasteiger partial charge in [-0.1, -0.05) is 46.0 Å². The maximum Gasteiger partial charge on any atom is -0.0533 e. The monoisotopic (exact) mass is 172 g/mol. The van der Waals surface area contributed by atoms with Crippen LogP contribution in [0.2, 0.25) is 0 Å². The standard InChI is InChI=1S/C7H16.2ClH/c1-3-5-7-6-4-2;;/h3-7H2,1-2H3;2*1H. The average Bonchev–Trinajstić information content (AvgIpc) is 1.69. The highest BCUT2D eigenvalue weighted by Crippen LogP contribution is 2.00. The fourth-order valence-corrected chi connectivity index (χ4v) is 0.677. The molecule has 0 saturated carbocycles. The Morgan fingerprint density at radius 2 is 1.00 bits per heavy atom. The highest BCUT2D eigenvalue weighted by molar-refractivity contribution is 5.85. The van der Waals surface area contributed by atoms with Crippen LogP contribution in [0.1, 0.15) is 46.0 Å². The Labute approximate surface area is 71.2 Å². The zero-order chi connectivity index (χ0) is 5.54. The van der Waals surface area contributed by atoms with E-state index >= 15 is 0 Å². The van der Waals surface area contributed by atoms with Crippen molar-refractivity contribution >= 4 is 24.8 Å². The lowest BCUT2D eigenvalue weighted by Gasteiger charge is -1.90. The summed E-state index contributed by atoms with van der Waals surface area (Å²) < 4.78 is 0. The lowest BCUT2D eigenvalue weighted by molar-refractivity contribution is 0.656. The van der Waals surface area contributed by atoms with Crippen LogP contribution in [0.25, 0.3) is 0 Å². The van der Waals surface area contributed by atoms with E-state index < -0.39 is 0 Å². The van der Waals surface area contributed by atoms with Gasteiger partial charge in [0.05, 0.1) is 0 Å². The summed E-state index contributed by atoms with van der Waals surface area (Å²) in [5.74, 6) is 0. The second-order valence-corrected chi connectivity index (χ2v) is 2.06. The van der Waals surface area contributed by atoms with E-state index in [9.17, 15) is 0 Å². The number of hydrogen-bond donors (Lipinski definition) is 0. The summed E-state index contributed by atoms with van der Waals surface area (Å²) in [5.41, 5.74) is 0. The molecule has 0 amide bonds. The van der Waals surface area contributed by atoms with E-state index in [1.165, 1.54) is 32.1 Å². The molecule has 0 aromatic heterocycles. The summed E-state index contributed by atoms with van der Waals surface area (Å²) in [7, 11) is 0. The Morgan fingerprint density at radius 3 is 1.22 bits per heavy atom. The van der Waals surface area contributed by atoms with Crippen molar-refractivity contribution in [3.63, 3.8) is 0 Å². The SMILES string of the molecule is CCCCCCC.Cl.Cl. The van der Waals surface area contributed by atoms with E-state index in [0.717, 1.165) is 0 Å². The predicted octanol–water partition coefficient (Wildman–Crippen LogP) is 3.82. The molecular formula is C7H18Cl2. The largest absolute Gasteiger partial charge is 0.147 e. The van der Waals surface area contributed by atoms with Crippen molar-refractivity contribution in [2.45, 2.75) is 46.0 Å². The molecule has 60 valence electrons. The maximum atomic E-state index is 2.25. The van der Waals surface area contributed by atoms with Crippen LogP contribution in [0.5, 0.6) is 0 Å². The first-order valence-corrected chi connectivity index (χ1v) is 3.41. The van der Waals surface area contributed by atoms with E-state index in [-0.39, 0.29) is 24.8 Å². The minimum atomic E-state index is 0. The van der Waals surface area contributed by atoms with E-state index in [1.54, 1.807) is 0 Å². The third-order valence-corrected chi connectivity index (χ3v) is 1.21. The summed E-state index contributed by atoms with van der Waals surface area (Å²) in [6, 6.07) is 0. The topological polar surface area (TPSA) is 0 Å². The van der Waals surface area contributed by atoms with E-state index in [2.05, 4.69) is 13.8 Å². The summed E-state index contributed by atoms with van der Waals surface area (Å²) in [6.45, 7) is 4.49. The molecule has 0 spiro atoms. The van der Waals surface area contributed by atoms with Gasteiger partial charge in [0, 0.05) is 0 Å². The molecule has 0 bridgehead atoms. The molecular weight excluding hydrogens is 155 g/mol. The Bertz CT molecular complexity index is 26.1. The van der Waals surface area contributed by atoms with Crippen LogP contribution >= 0.6 is 24.8 Å². The average molecular weight is 173 g/mol. The van der Waals surface area contributed by atoms with Crippen molar-refractivity contribution in [1.82, 2.24) is 0 Å². The number of unbranched alkanes of at least 4 members (excludes halogenated alkanes) is 4. The molecule has 0 aliphatic rings. The van der Waals surface area contributed by atoms with Crippen molar-refractivity contribution < 1.29 is 0 Å². The fraction of sp³-hybridized carbons (Fsp3) is 1.00. The minimum Gasteiger partial charge on any atom is -0.147 e. The first-order valence-electron chi connectivity index (χ1n) is 3.41. The van der Waals surface area contributed by atoms with Crippen LogP contribution in [0.3, 0.4) is 0 Å². The Kier molecular flexibility index (Phi) is 28.7. The van der Waals surface area contributed by atoms with Gasteiger partial charge in [-0.25, -0.2) is 0 Å². The highest BCUT2D eigenvalue weighted by atomic mass is 35.5. The van der Waals surface area contributed by atoms with E-state index in [4.69, 9.17) is 0 Å². The third kappa shape index (κ3) is 17.7. The van der Waals surface area contributed by atoms with Gasteiger partial charge in [0.2, 0.25) is 0 Å². The number of rotatable bonds is 4. The molecule has 0 atom stereocenters. The van der Waals surface area contributed by atoms with Crippen LogP contribution in [-0.4, -0.2) is 0 Å². The lowest BCUT2D eigenvalue weighted by Crippen LogP contribution is -1.70. The molecule has 0 aromatic rings. The lowest BCUT2D eigenvalue weighted by atomic mass is 10.2. The molecule has 0 fully saturated rings. The van der Waals surface area contributed by atoms with Crippen molar-refractivity contribution in [3.8, 4) is 0 Å². The summed E-state index contributed by atoms with van der Waals surface area (Å²) in [4.78, 5) is 0. The van der Waals surface area contributed by atoms with E-state index in [0.29, 0.717) is 0 Å². The van der Waals surface area contributed by atoms with Gasteiger partial charge in [-0.15, -0.1) is 24.8 Å². The zero-order valence-electron chi connectivity index (χ0n) is 6.35. The maximum absolute atomic E-state index is 2.25. The molecule has 0 unspecified atom stereocenters. The smallest absolute Gasteiger partial charge is 0.0533 e. The molecule has 0 rings (SSSR count). The molecule has 9 heavy (non-hydrogen) atoms. The van der Waals surface area contributed by atoms with Gasteiger partial charge in [-0.3, -0.25) is 0 Å².